The number of non-ortho nitro benzene ring substituents is 1. The van der Waals surface area contributed by atoms with Gasteiger partial charge in [0.05, 0.1) is 4.92 Å². The lowest BCUT2D eigenvalue weighted by molar-refractivity contribution is -0.384. The predicted molar refractivity (Wildman–Crippen MR) is 91.5 cm³/mol. The molecule has 0 atom stereocenters. The van der Waals surface area contributed by atoms with Gasteiger partial charge in [-0.15, -0.1) is 0 Å². The second-order valence-corrected chi connectivity index (χ2v) is 5.37. The van der Waals surface area contributed by atoms with Gasteiger partial charge >= 0.3 is 0 Å². The van der Waals surface area contributed by atoms with Crippen LogP contribution in [0.1, 0.15) is 11.1 Å². The minimum Gasteiger partial charge on any atom is -0.321 e. The Morgan fingerprint density at radius 1 is 1.29 bits per heavy atom. The van der Waals surface area contributed by atoms with Gasteiger partial charge in [-0.2, -0.15) is 5.26 Å². The molecule has 2 aromatic carbocycles. The van der Waals surface area contributed by atoms with Crippen molar-refractivity contribution in [1.29, 1.82) is 5.26 Å². The zero-order chi connectivity index (χ0) is 17.7. The summed E-state index contributed by atoms with van der Waals surface area (Å²) >= 11 is 5.90. The van der Waals surface area contributed by atoms with Crippen molar-refractivity contribution >= 4 is 35.0 Å². The molecule has 0 radical (unpaired) electrons. The number of nitriles is 1. The minimum absolute atomic E-state index is 0.0651. The van der Waals surface area contributed by atoms with Gasteiger partial charge < -0.3 is 5.32 Å². The second kappa shape index (κ2) is 7.40. The minimum atomic E-state index is -0.582. The fraction of sp³-hybridized carbons (Fsp3) is 0.0588. The molecule has 2 rings (SSSR count). The number of nitrogens with zero attached hydrogens (tertiary/aromatic N) is 2. The molecular formula is C17H12ClN3O3. The Morgan fingerprint density at radius 2 is 1.96 bits per heavy atom. The first-order valence-corrected chi connectivity index (χ1v) is 7.22. The molecule has 0 unspecified atom stereocenters. The number of nitro groups is 1. The van der Waals surface area contributed by atoms with Crippen LogP contribution < -0.4 is 5.32 Å². The number of anilines is 1. The molecule has 0 spiro atoms. The molecule has 0 saturated carbocycles. The highest BCUT2D eigenvalue weighted by Gasteiger charge is 2.12. The number of nitro benzene ring substituents is 1. The van der Waals surface area contributed by atoms with E-state index in [2.05, 4.69) is 5.32 Å². The van der Waals surface area contributed by atoms with E-state index in [-0.39, 0.29) is 11.3 Å². The Labute approximate surface area is 143 Å². The number of carbonyl (C=O) groups excluding carboxylic acids is 1. The first-order chi connectivity index (χ1) is 11.4. The van der Waals surface area contributed by atoms with Crippen molar-refractivity contribution in [2.75, 3.05) is 5.32 Å². The van der Waals surface area contributed by atoms with Gasteiger partial charge in [0.15, 0.2) is 0 Å². The molecule has 0 fully saturated rings. The van der Waals surface area contributed by atoms with E-state index in [1.165, 1.54) is 30.3 Å². The van der Waals surface area contributed by atoms with Crippen molar-refractivity contribution in [3.63, 3.8) is 0 Å². The second-order valence-electron chi connectivity index (χ2n) is 4.93. The summed E-state index contributed by atoms with van der Waals surface area (Å²) in [5.74, 6) is -0.582. The van der Waals surface area contributed by atoms with E-state index in [9.17, 15) is 20.2 Å². The summed E-state index contributed by atoms with van der Waals surface area (Å²) < 4.78 is 0. The third-order valence-corrected chi connectivity index (χ3v) is 3.46. The summed E-state index contributed by atoms with van der Waals surface area (Å²) in [6, 6.07) is 12.4. The highest BCUT2D eigenvalue weighted by Crippen LogP contribution is 2.21. The monoisotopic (exact) mass is 341 g/mol. The fourth-order valence-electron chi connectivity index (χ4n) is 1.93. The van der Waals surface area contributed by atoms with E-state index in [0.717, 1.165) is 5.56 Å². The van der Waals surface area contributed by atoms with Crippen molar-refractivity contribution in [3.8, 4) is 6.07 Å². The number of aryl methyl sites for hydroxylation is 1. The molecule has 24 heavy (non-hydrogen) atoms. The van der Waals surface area contributed by atoms with Crippen molar-refractivity contribution < 1.29 is 9.72 Å². The molecule has 0 aliphatic carbocycles. The van der Waals surface area contributed by atoms with Crippen LogP contribution in [0.2, 0.25) is 5.02 Å². The van der Waals surface area contributed by atoms with Crippen LogP contribution in [-0.4, -0.2) is 10.8 Å². The first kappa shape index (κ1) is 17.2. The van der Waals surface area contributed by atoms with Crippen molar-refractivity contribution in [2.45, 2.75) is 6.92 Å². The lowest BCUT2D eigenvalue weighted by atomic mass is 10.1. The number of nitrogens with one attached hydrogen (secondary N) is 1. The molecule has 0 aliphatic rings. The molecule has 0 aromatic heterocycles. The van der Waals surface area contributed by atoms with Crippen LogP contribution in [0.5, 0.6) is 0 Å². The number of halogens is 1. The lowest BCUT2D eigenvalue weighted by Crippen LogP contribution is -2.14. The predicted octanol–water partition coefficient (Wildman–Crippen LogP) is 4.10. The van der Waals surface area contributed by atoms with Gasteiger partial charge in [0, 0.05) is 22.8 Å². The molecular weight excluding hydrogens is 330 g/mol. The number of carbonyl (C=O) groups is 1. The molecule has 1 amide bonds. The topological polar surface area (TPSA) is 96.0 Å². The van der Waals surface area contributed by atoms with Crippen molar-refractivity contribution in [3.05, 3.63) is 74.3 Å². The summed E-state index contributed by atoms with van der Waals surface area (Å²) in [7, 11) is 0. The molecule has 1 N–H and O–H groups in total. The molecule has 0 saturated heterocycles. The van der Waals surface area contributed by atoms with E-state index in [4.69, 9.17) is 11.6 Å². The average Bonchev–Trinajstić information content (AvgIpc) is 2.56. The van der Waals surface area contributed by atoms with Crippen LogP contribution in [0, 0.1) is 28.4 Å². The molecule has 0 bridgehead atoms. The fourth-order valence-corrected chi connectivity index (χ4v) is 2.10. The van der Waals surface area contributed by atoms with Crippen molar-refractivity contribution in [2.24, 2.45) is 0 Å². The van der Waals surface area contributed by atoms with E-state index in [1.54, 1.807) is 25.1 Å². The Morgan fingerprint density at radius 3 is 2.54 bits per heavy atom. The van der Waals surface area contributed by atoms with Crippen LogP contribution in [-0.2, 0) is 4.79 Å². The normalized spacial score (nSPS) is 10.8. The Kier molecular flexibility index (Phi) is 5.30. The largest absolute Gasteiger partial charge is 0.321 e. The summed E-state index contributed by atoms with van der Waals surface area (Å²) in [5.41, 5.74) is 1.64. The Hall–Kier alpha value is -3.17. The Balaban J connectivity index is 2.24. The number of amides is 1. The van der Waals surface area contributed by atoms with E-state index < -0.39 is 10.8 Å². The highest BCUT2D eigenvalue weighted by molar-refractivity contribution is 6.31. The molecule has 0 aliphatic heterocycles. The maximum absolute atomic E-state index is 12.2. The highest BCUT2D eigenvalue weighted by atomic mass is 35.5. The van der Waals surface area contributed by atoms with Gasteiger partial charge in [-0.25, -0.2) is 0 Å². The summed E-state index contributed by atoms with van der Waals surface area (Å²) in [4.78, 5) is 22.3. The summed E-state index contributed by atoms with van der Waals surface area (Å²) in [6.07, 6.45) is 1.36. The summed E-state index contributed by atoms with van der Waals surface area (Å²) in [5, 5.41) is 22.9. The van der Waals surface area contributed by atoms with E-state index >= 15 is 0 Å². The molecule has 6 nitrogen and oxygen atoms in total. The van der Waals surface area contributed by atoms with E-state index in [0.29, 0.717) is 16.3 Å². The van der Waals surface area contributed by atoms with Crippen LogP contribution >= 0.6 is 11.6 Å². The Bertz CT molecular complexity index is 868. The SMILES string of the molecule is Cc1ccc(Cl)cc1NC(=O)/C(C#N)=C/c1ccc([N+](=O)[O-])cc1. The van der Waals surface area contributed by atoms with Gasteiger partial charge in [0.2, 0.25) is 0 Å². The standard InChI is InChI=1S/C17H12ClN3O3/c1-11-2-5-14(18)9-16(11)20-17(22)13(10-19)8-12-3-6-15(7-4-12)21(23)24/h2-9H,1H3,(H,20,22)/b13-8+. The van der Waals surface area contributed by atoms with Crippen LogP contribution in [0.4, 0.5) is 11.4 Å². The number of rotatable bonds is 4. The molecule has 7 heteroatoms. The van der Waals surface area contributed by atoms with Crippen molar-refractivity contribution in [1.82, 2.24) is 0 Å². The lowest BCUT2D eigenvalue weighted by Gasteiger charge is -2.08. The third-order valence-electron chi connectivity index (χ3n) is 3.23. The zero-order valence-electron chi connectivity index (χ0n) is 12.6. The maximum Gasteiger partial charge on any atom is 0.269 e. The van der Waals surface area contributed by atoms with Gasteiger partial charge in [0.25, 0.3) is 11.6 Å². The number of hydrogen-bond donors (Lipinski definition) is 1. The van der Waals surface area contributed by atoms with E-state index in [1.807, 2.05) is 6.07 Å². The van der Waals surface area contributed by atoms with Gasteiger partial charge in [-0.1, -0.05) is 17.7 Å². The molecule has 2 aromatic rings. The average molecular weight is 342 g/mol. The van der Waals surface area contributed by atoms with Crippen LogP contribution in [0.15, 0.2) is 48.0 Å². The first-order valence-electron chi connectivity index (χ1n) is 6.84. The van der Waals surface area contributed by atoms with Gasteiger partial charge in [-0.05, 0) is 48.4 Å². The number of benzene rings is 2. The molecule has 0 heterocycles. The van der Waals surface area contributed by atoms with Crippen LogP contribution in [0.25, 0.3) is 6.08 Å². The summed E-state index contributed by atoms with van der Waals surface area (Å²) in [6.45, 7) is 1.80. The smallest absolute Gasteiger partial charge is 0.269 e. The maximum atomic E-state index is 12.2. The third kappa shape index (κ3) is 4.18. The van der Waals surface area contributed by atoms with Crippen LogP contribution in [0.3, 0.4) is 0 Å². The number of hydrogen-bond acceptors (Lipinski definition) is 4. The quantitative estimate of drug-likeness (QED) is 0.392. The van der Waals surface area contributed by atoms with Gasteiger partial charge in [-0.3, -0.25) is 14.9 Å². The molecule has 120 valence electrons. The zero-order valence-corrected chi connectivity index (χ0v) is 13.4. The van der Waals surface area contributed by atoms with Gasteiger partial charge in [0.1, 0.15) is 11.6 Å².